The van der Waals surface area contributed by atoms with Gasteiger partial charge in [-0.05, 0) is 101 Å². The molecule has 3 aliphatic heterocycles. The highest BCUT2D eigenvalue weighted by atomic mass is 35.5. The van der Waals surface area contributed by atoms with Crippen molar-refractivity contribution in [3.8, 4) is 11.5 Å². The second-order valence-corrected chi connectivity index (χ2v) is 12.6. The summed E-state index contributed by atoms with van der Waals surface area (Å²) in [4.78, 5) is 29.0. The van der Waals surface area contributed by atoms with Gasteiger partial charge in [-0.2, -0.15) is 0 Å². The highest BCUT2D eigenvalue weighted by molar-refractivity contribution is 6.30. The summed E-state index contributed by atoms with van der Waals surface area (Å²) in [6.45, 7) is 9.13. The maximum Gasteiger partial charge on any atom is 0.222 e. The minimum Gasteiger partial charge on any atom is -0.457 e. The largest absolute Gasteiger partial charge is 0.457 e. The third-order valence-corrected chi connectivity index (χ3v) is 9.23. The molecule has 1 unspecified atom stereocenters. The number of benzene rings is 2. The van der Waals surface area contributed by atoms with Gasteiger partial charge in [-0.25, -0.2) is 9.97 Å². The van der Waals surface area contributed by atoms with Crippen molar-refractivity contribution in [2.75, 3.05) is 56.0 Å². The first-order chi connectivity index (χ1) is 21.0. The molecule has 3 aromatic rings. The van der Waals surface area contributed by atoms with Gasteiger partial charge in [0.2, 0.25) is 5.91 Å². The standard InChI is InChI=1S/C34H43ClN6O2/c1-25-36-23-31-32(38-28-8-5-10-30(22-28)43-29-9-4-7-27(35)21-29)14-20-41(34(31)37-25)24-26-12-18-39(19-13-26)15-6-11-33(42)40-16-2-3-17-40/h4-5,7-10,21-23,26,32,38H,2-3,6,11-20,24H2,1H3. The van der Waals surface area contributed by atoms with Gasteiger partial charge in [-0.1, -0.05) is 23.7 Å². The lowest BCUT2D eigenvalue weighted by Crippen LogP contribution is -2.42. The Kier molecular flexibility index (Phi) is 9.64. The molecule has 0 aliphatic carbocycles. The zero-order chi connectivity index (χ0) is 29.6. The van der Waals surface area contributed by atoms with Crippen molar-refractivity contribution in [2.45, 2.75) is 57.9 Å². The zero-order valence-electron chi connectivity index (χ0n) is 25.2. The van der Waals surface area contributed by atoms with E-state index in [1.165, 1.54) is 25.7 Å². The summed E-state index contributed by atoms with van der Waals surface area (Å²) < 4.78 is 6.06. The van der Waals surface area contributed by atoms with Crippen molar-refractivity contribution in [1.29, 1.82) is 0 Å². The Balaban J connectivity index is 1.03. The Labute approximate surface area is 260 Å². The van der Waals surface area contributed by atoms with Crippen molar-refractivity contribution in [2.24, 2.45) is 5.92 Å². The number of aromatic nitrogens is 2. The number of halogens is 1. The minimum atomic E-state index is 0.124. The number of fused-ring (bicyclic) bond motifs is 1. The van der Waals surface area contributed by atoms with Gasteiger partial charge in [0, 0.05) is 61.1 Å². The molecule has 43 heavy (non-hydrogen) atoms. The number of nitrogens with one attached hydrogen (secondary N) is 1. The third-order valence-electron chi connectivity index (χ3n) is 9.00. The molecule has 4 heterocycles. The van der Waals surface area contributed by atoms with Crippen LogP contribution >= 0.6 is 11.6 Å². The lowest BCUT2D eigenvalue weighted by molar-refractivity contribution is -0.130. The van der Waals surface area contributed by atoms with Crippen LogP contribution in [0.1, 0.15) is 62.4 Å². The summed E-state index contributed by atoms with van der Waals surface area (Å²) in [5.74, 6) is 4.33. The van der Waals surface area contributed by atoms with Crippen molar-refractivity contribution in [1.82, 2.24) is 19.8 Å². The molecule has 1 aromatic heterocycles. The van der Waals surface area contributed by atoms with E-state index in [1.807, 2.05) is 60.5 Å². The fourth-order valence-electron chi connectivity index (χ4n) is 6.64. The maximum atomic E-state index is 12.4. The molecule has 2 fully saturated rings. The Hall–Kier alpha value is -3.36. The number of piperidine rings is 1. The molecule has 9 heteroatoms. The van der Waals surface area contributed by atoms with E-state index in [9.17, 15) is 4.79 Å². The number of amides is 1. The van der Waals surface area contributed by atoms with E-state index in [0.717, 1.165) is 87.3 Å². The lowest BCUT2D eigenvalue weighted by atomic mass is 9.93. The molecule has 8 nitrogen and oxygen atoms in total. The van der Waals surface area contributed by atoms with Gasteiger partial charge in [0.1, 0.15) is 23.1 Å². The van der Waals surface area contributed by atoms with Gasteiger partial charge in [0.05, 0.1) is 6.04 Å². The van der Waals surface area contributed by atoms with Gasteiger partial charge in [0.15, 0.2) is 0 Å². The van der Waals surface area contributed by atoms with Crippen LogP contribution in [0, 0.1) is 12.8 Å². The first kappa shape index (κ1) is 29.7. The summed E-state index contributed by atoms with van der Waals surface area (Å²) in [7, 11) is 0. The van der Waals surface area contributed by atoms with Gasteiger partial charge in [-0.15, -0.1) is 0 Å². The molecule has 2 aromatic carbocycles. The molecular formula is C34H43ClN6O2. The van der Waals surface area contributed by atoms with Crippen molar-refractivity contribution in [3.63, 3.8) is 0 Å². The summed E-state index contributed by atoms with van der Waals surface area (Å²) in [5, 5.41) is 4.37. The fourth-order valence-corrected chi connectivity index (χ4v) is 6.82. The average Bonchev–Trinajstić information content (AvgIpc) is 3.55. The molecule has 2 saturated heterocycles. The summed E-state index contributed by atoms with van der Waals surface area (Å²) in [6, 6.07) is 15.6. The van der Waals surface area contributed by atoms with E-state index >= 15 is 0 Å². The van der Waals surface area contributed by atoms with Crippen molar-refractivity contribution >= 4 is 29.0 Å². The van der Waals surface area contributed by atoms with Crippen molar-refractivity contribution < 1.29 is 9.53 Å². The number of carbonyl (C=O) groups excluding carboxylic acids is 1. The fraction of sp³-hybridized carbons (Fsp3) is 0.500. The van der Waals surface area contributed by atoms with Crippen LogP contribution in [-0.2, 0) is 4.79 Å². The van der Waals surface area contributed by atoms with Crippen LogP contribution in [0.25, 0.3) is 0 Å². The number of ether oxygens (including phenoxy) is 1. The maximum absolute atomic E-state index is 12.4. The molecule has 0 spiro atoms. The minimum absolute atomic E-state index is 0.124. The normalized spacial score (nSPS) is 19.3. The quantitative estimate of drug-likeness (QED) is 0.276. The molecule has 1 atom stereocenters. The zero-order valence-corrected chi connectivity index (χ0v) is 25.9. The SMILES string of the molecule is Cc1ncc2c(n1)N(CC1CCN(CCCC(=O)N3CCCC3)CC1)CCC2Nc1cccc(Oc2cccc(Cl)c2)c1. The molecule has 1 N–H and O–H groups in total. The van der Waals surface area contributed by atoms with Gasteiger partial charge in [-0.3, -0.25) is 4.79 Å². The molecule has 0 saturated carbocycles. The van der Waals surface area contributed by atoms with E-state index in [2.05, 4.69) is 26.2 Å². The molecule has 3 aliphatic rings. The highest BCUT2D eigenvalue weighted by Gasteiger charge is 2.30. The van der Waals surface area contributed by atoms with E-state index in [1.54, 1.807) is 0 Å². The molecule has 228 valence electrons. The number of aryl methyl sites for hydroxylation is 1. The first-order valence-corrected chi connectivity index (χ1v) is 16.3. The van der Waals surface area contributed by atoms with E-state index in [4.69, 9.17) is 21.3 Å². The van der Waals surface area contributed by atoms with Crippen LogP contribution < -0.4 is 15.0 Å². The lowest BCUT2D eigenvalue weighted by Gasteiger charge is -2.39. The molecule has 0 radical (unpaired) electrons. The Morgan fingerprint density at radius 2 is 1.77 bits per heavy atom. The molecule has 0 bridgehead atoms. The van der Waals surface area contributed by atoms with E-state index in [0.29, 0.717) is 29.0 Å². The van der Waals surface area contributed by atoms with Gasteiger partial charge >= 0.3 is 0 Å². The number of hydrogen-bond donors (Lipinski definition) is 1. The summed E-state index contributed by atoms with van der Waals surface area (Å²) in [5.41, 5.74) is 2.15. The predicted molar refractivity (Wildman–Crippen MR) is 172 cm³/mol. The molecular weight excluding hydrogens is 560 g/mol. The first-order valence-electron chi connectivity index (χ1n) is 15.9. The number of rotatable bonds is 10. The smallest absolute Gasteiger partial charge is 0.222 e. The van der Waals surface area contributed by atoms with E-state index < -0.39 is 0 Å². The highest BCUT2D eigenvalue weighted by Crippen LogP contribution is 2.36. The van der Waals surface area contributed by atoms with Crippen LogP contribution in [0.4, 0.5) is 11.5 Å². The number of carbonyl (C=O) groups is 1. The Morgan fingerprint density at radius 3 is 2.56 bits per heavy atom. The number of nitrogens with zero attached hydrogens (tertiary/aromatic N) is 5. The Bertz CT molecular complexity index is 1390. The second-order valence-electron chi connectivity index (χ2n) is 12.2. The van der Waals surface area contributed by atoms with Crippen LogP contribution in [-0.4, -0.2) is 71.5 Å². The van der Waals surface area contributed by atoms with E-state index in [-0.39, 0.29) is 6.04 Å². The van der Waals surface area contributed by atoms with Crippen LogP contribution in [0.3, 0.4) is 0 Å². The van der Waals surface area contributed by atoms with Gasteiger partial charge in [0.25, 0.3) is 0 Å². The van der Waals surface area contributed by atoms with Gasteiger partial charge < -0.3 is 24.8 Å². The summed E-state index contributed by atoms with van der Waals surface area (Å²) >= 11 is 6.13. The molecule has 1 amide bonds. The van der Waals surface area contributed by atoms with Crippen LogP contribution in [0.2, 0.25) is 5.02 Å². The average molecular weight is 603 g/mol. The number of anilines is 2. The second kappa shape index (κ2) is 14.0. The Morgan fingerprint density at radius 1 is 1.00 bits per heavy atom. The number of hydrogen-bond acceptors (Lipinski definition) is 7. The topological polar surface area (TPSA) is 73.8 Å². The van der Waals surface area contributed by atoms with Crippen molar-refractivity contribution in [3.05, 3.63) is 71.1 Å². The predicted octanol–water partition coefficient (Wildman–Crippen LogP) is 6.71. The van der Waals surface area contributed by atoms with Crippen LogP contribution in [0.5, 0.6) is 11.5 Å². The monoisotopic (exact) mass is 602 g/mol. The number of likely N-dealkylation sites (tertiary alicyclic amines) is 2. The molecule has 6 rings (SSSR count). The third kappa shape index (κ3) is 7.78. The summed E-state index contributed by atoms with van der Waals surface area (Å²) in [6.07, 6.45) is 9.35. The van der Waals surface area contributed by atoms with Crippen LogP contribution in [0.15, 0.2) is 54.7 Å².